The summed E-state index contributed by atoms with van der Waals surface area (Å²) in [6.07, 6.45) is 1.99. The Kier molecular flexibility index (Phi) is 3.28. The van der Waals surface area contributed by atoms with Crippen LogP contribution in [0.5, 0.6) is 0 Å². The van der Waals surface area contributed by atoms with E-state index in [0.29, 0.717) is 5.69 Å². The number of carbonyl (C=O) groups excluding carboxylic acids is 1. The SMILES string of the molecule is COC(=O)c1cc([C@@H]2CCCN2)c(N)cc1F. The molecule has 5 heteroatoms. The van der Waals surface area contributed by atoms with Gasteiger partial charge in [-0.15, -0.1) is 0 Å². The first-order valence-electron chi connectivity index (χ1n) is 5.54. The van der Waals surface area contributed by atoms with Crippen molar-refractivity contribution in [3.63, 3.8) is 0 Å². The van der Waals surface area contributed by atoms with Crippen LogP contribution in [0.3, 0.4) is 0 Å². The smallest absolute Gasteiger partial charge is 0.340 e. The molecule has 1 aromatic carbocycles. The van der Waals surface area contributed by atoms with Crippen LogP contribution in [0.25, 0.3) is 0 Å². The highest BCUT2D eigenvalue weighted by atomic mass is 19.1. The van der Waals surface area contributed by atoms with Crippen LogP contribution in [-0.2, 0) is 4.74 Å². The van der Waals surface area contributed by atoms with Gasteiger partial charge in [-0.2, -0.15) is 0 Å². The van der Waals surface area contributed by atoms with E-state index < -0.39 is 11.8 Å². The van der Waals surface area contributed by atoms with Gasteiger partial charge in [0.15, 0.2) is 0 Å². The van der Waals surface area contributed by atoms with E-state index in [0.717, 1.165) is 24.9 Å². The molecule has 0 unspecified atom stereocenters. The van der Waals surface area contributed by atoms with Gasteiger partial charge in [-0.1, -0.05) is 0 Å². The summed E-state index contributed by atoms with van der Waals surface area (Å²) in [5, 5.41) is 3.26. The lowest BCUT2D eigenvalue weighted by atomic mass is 10.00. The highest BCUT2D eigenvalue weighted by Crippen LogP contribution is 2.29. The molecule has 1 fully saturated rings. The summed E-state index contributed by atoms with van der Waals surface area (Å²) in [5.74, 6) is -1.32. The number of hydrogen-bond donors (Lipinski definition) is 2. The zero-order valence-electron chi connectivity index (χ0n) is 9.63. The number of nitrogens with two attached hydrogens (primary N) is 1. The molecule has 92 valence electrons. The number of anilines is 1. The number of methoxy groups -OCH3 is 1. The maximum absolute atomic E-state index is 13.6. The first-order valence-corrected chi connectivity index (χ1v) is 5.54. The molecule has 1 heterocycles. The highest BCUT2D eigenvalue weighted by Gasteiger charge is 2.22. The third-order valence-corrected chi connectivity index (χ3v) is 3.01. The first kappa shape index (κ1) is 11.9. The summed E-state index contributed by atoms with van der Waals surface area (Å²) < 4.78 is 18.1. The Morgan fingerprint density at radius 2 is 2.35 bits per heavy atom. The van der Waals surface area contributed by atoms with Gasteiger partial charge in [-0.05, 0) is 37.1 Å². The molecule has 1 aliphatic rings. The number of halogens is 1. The minimum absolute atomic E-state index is 0.0644. The van der Waals surface area contributed by atoms with Gasteiger partial charge in [0.05, 0.1) is 12.7 Å². The van der Waals surface area contributed by atoms with Gasteiger partial charge in [0.2, 0.25) is 0 Å². The summed E-state index contributed by atoms with van der Waals surface area (Å²) in [6, 6.07) is 2.76. The molecule has 0 spiro atoms. The van der Waals surface area contributed by atoms with Crippen LogP contribution in [0.4, 0.5) is 10.1 Å². The van der Waals surface area contributed by atoms with Crippen molar-refractivity contribution < 1.29 is 13.9 Å². The topological polar surface area (TPSA) is 64.3 Å². The second-order valence-electron chi connectivity index (χ2n) is 4.10. The van der Waals surface area contributed by atoms with Crippen LogP contribution in [0, 0.1) is 5.82 Å². The Balaban J connectivity index is 2.41. The van der Waals surface area contributed by atoms with Crippen molar-refractivity contribution in [1.29, 1.82) is 0 Å². The lowest BCUT2D eigenvalue weighted by Crippen LogP contribution is -2.16. The molecule has 0 saturated carbocycles. The average Bonchev–Trinajstić information content (AvgIpc) is 2.81. The van der Waals surface area contributed by atoms with E-state index in [9.17, 15) is 9.18 Å². The van der Waals surface area contributed by atoms with Crippen molar-refractivity contribution in [1.82, 2.24) is 5.32 Å². The molecule has 3 N–H and O–H groups in total. The van der Waals surface area contributed by atoms with Crippen molar-refractivity contribution in [3.05, 3.63) is 29.1 Å². The normalized spacial score (nSPS) is 19.3. The van der Waals surface area contributed by atoms with E-state index in [1.807, 2.05) is 0 Å². The summed E-state index contributed by atoms with van der Waals surface area (Å²) in [4.78, 5) is 11.4. The zero-order chi connectivity index (χ0) is 12.4. The van der Waals surface area contributed by atoms with E-state index in [1.54, 1.807) is 0 Å². The first-order chi connectivity index (χ1) is 8.13. The van der Waals surface area contributed by atoms with E-state index in [-0.39, 0.29) is 11.6 Å². The summed E-state index contributed by atoms with van der Waals surface area (Å²) in [7, 11) is 1.23. The molecule has 1 atom stereocenters. The van der Waals surface area contributed by atoms with Gasteiger partial charge in [-0.25, -0.2) is 9.18 Å². The minimum Gasteiger partial charge on any atom is -0.465 e. The molecular formula is C12H15FN2O2. The monoisotopic (exact) mass is 238 g/mol. The number of nitrogen functional groups attached to an aromatic ring is 1. The van der Waals surface area contributed by atoms with Crippen molar-refractivity contribution in [2.75, 3.05) is 19.4 Å². The minimum atomic E-state index is -0.679. The van der Waals surface area contributed by atoms with Gasteiger partial charge < -0.3 is 15.8 Å². The Morgan fingerprint density at radius 1 is 1.59 bits per heavy atom. The predicted octanol–water partition coefficient (Wildman–Crippen LogP) is 1.62. The molecule has 1 aromatic rings. The van der Waals surface area contributed by atoms with Crippen LogP contribution >= 0.6 is 0 Å². The molecule has 2 rings (SSSR count). The second kappa shape index (κ2) is 4.71. The Labute approximate surface area is 98.9 Å². The Bertz CT molecular complexity index is 442. The van der Waals surface area contributed by atoms with Gasteiger partial charge >= 0.3 is 5.97 Å². The van der Waals surface area contributed by atoms with E-state index in [1.165, 1.54) is 19.2 Å². The molecular weight excluding hydrogens is 223 g/mol. The van der Waals surface area contributed by atoms with Crippen LogP contribution in [0.15, 0.2) is 12.1 Å². The molecule has 0 amide bonds. The average molecular weight is 238 g/mol. The number of benzene rings is 1. The maximum Gasteiger partial charge on any atom is 0.340 e. The summed E-state index contributed by atoms with van der Waals surface area (Å²) >= 11 is 0. The van der Waals surface area contributed by atoms with Gasteiger partial charge in [0.25, 0.3) is 0 Å². The fourth-order valence-corrected chi connectivity index (χ4v) is 2.12. The van der Waals surface area contributed by atoms with Crippen LogP contribution in [-0.4, -0.2) is 19.6 Å². The van der Waals surface area contributed by atoms with Crippen LogP contribution in [0.1, 0.15) is 34.8 Å². The number of hydrogen-bond acceptors (Lipinski definition) is 4. The lowest BCUT2D eigenvalue weighted by Gasteiger charge is -2.15. The highest BCUT2D eigenvalue weighted by molar-refractivity contribution is 5.90. The molecule has 0 aromatic heterocycles. The second-order valence-corrected chi connectivity index (χ2v) is 4.10. The number of carbonyl (C=O) groups is 1. The number of nitrogens with one attached hydrogen (secondary N) is 1. The molecule has 0 bridgehead atoms. The maximum atomic E-state index is 13.6. The lowest BCUT2D eigenvalue weighted by molar-refractivity contribution is 0.0595. The van der Waals surface area contributed by atoms with Crippen molar-refractivity contribution in [3.8, 4) is 0 Å². The molecule has 1 aliphatic heterocycles. The molecule has 4 nitrogen and oxygen atoms in total. The van der Waals surface area contributed by atoms with Crippen molar-refractivity contribution in [2.24, 2.45) is 0 Å². The third-order valence-electron chi connectivity index (χ3n) is 3.01. The predicted molar refractivity (Wildman–Crippen MR) is 62.1 cm³/mol. The molecule has 0 aliphatic carbocycles. The van der Waals surface area contributed by atoms with Gasteiger partial charge in [-0.3, -0.25) is 0 Å². The number of ether oxygens (including phenoxy) is 1. The standard InChI is InChI=1S/C12H15FN2O2/c1-17-12(16)7-5-8(10(14)6-9(7)13)11-3-2-4-15-11/h5-6,11,15H,2-4,14H2,1H3/t11-/m0/s1. The van der Waals surface area contributed by atoms with E-state index in [4.69, 9.17) is 5.73 Å². The summed E-state index contributed by atoms with van der Waals surface area (Å²) in [5.41, 5.74) is 6.85. The molecule has 17 heavy (non-hydrogen) atoms. The van der Waals surface area contributed by atoms with Crippen molar-refractivity contribution in [2.45, 2.75) is 18.9 Å². The van der Waals surface area contributed by atoms with Crippen molar-refractivity contribution >= 4 is 11.7 Å². The quantitative estimate of drug-likeness (QED) is 0.607. The van der Waals surface area contributed by atoms with Crippen LogP contribution in [0.2, 0.25) is 0 Å². The summed E-state index contributed by atoms with van der Waals surface area (Å²) in [6.45, 7) is 0.912. The fourth-order valence-electron chi connectivity index (χ4n) is 2.12. The zero-order valence-corrected chi connectivity index (χ0v) is 9.63. The largest absolute Gasteiger partial charge is 0.465 e. The van der Waals surface area contributed by atoms with E-state index >= 15 is 0 Å². The third kappa shape index (κ3) is 2.24. The van der Waals surface area contributed by atoms with Crippen LogP contribution < -0.4 is 11.1 Å². The Morgan fingerprint density at radius 3 is 2.94 bits per heavy atom. The molecule has 1 saturated heterocycles. The van der Waals surface area contributed by atoms with E-state index in [2.05, 4.69) is 10.1 Å². The van der Waals surface area contributed by atoms with Gasteiger partial charge in [0, 0.05) is 11.7 Å². The van der Waals surface area contributed by atoms with Gasteiger partial charge in [0.1, 0.15) is 5.82 Å². The molecule has 0 radical (unpaired) electrons. The number of rotatable bonds is 2. The fraction of sp³-hybridized carbons (Fsp3) is 0.417. The Hall–Kier alpha value is -1.62. The number of esters is 1.